The molecule has 0 saturated heterocycles. The SMILES string of the molecule is CCCCS(=O)CC(COC(C)C)OC(=O)CSc1nc2ccccc2o1. The highest BCUT2D eigenvalue weighted by molar-refractivity contribution is 7.99. The number of hydrogen-bond donors (Lipinski definition) is 0. The monoisotopic (exact) mass is 413 g/mol. The molecule has 1 heterocycles. The topological polar surface area (TPSA) is 78.6 Å². The molecule has 0 aliphatic rings. The standard InChI is InChI=1S/C19H27NO5S2/c1-4-5-10-27(22)13-15(11-23-14(2)3)24-18(21)12-26-19-20-16-8-6-7-9-17(16)25-19/h6-9,14-15H,4-5,10-13H2,1-3H3. The summed E-state index contributed by atoms with van der Waals surface area (Å²) in [6, 6.07) is 7.43. The maximum absolute atomic E-state index is 12.2. The highest BCUT2D eigenvalue weighted by Crippen LogP contribution is 2.23. The molecule has 2 aromatic rings. The predicted molar refractivity (Wildman–Crippen MR) is 108 cm³/mol. The summed E-state index contributed by atoms with van der Waals surface area (Å²) in [7, 11) is -1.03. The Balaban J connectivity index is 1.85. The van der Waals surface area contributed by atoms with E-state index in [2.05, 4.69) is 11.9 Å². The third-order valence-electron chi connectivity index (χ3n) is 3.60. The van der Waals surface area contributed by atoms with E-state index in [0.29, 0.717) is 22.3 Å². The Labute approximate surface area is 166 Å². The van der Waals surface area contributed by atoms with E-state index in [9.17, 15) is 9.00 Å². The molecule has 0 spiro atoms. The van der Waals surface area contributed by atoms with Crippen molar-refractivity contribution in [2.45, 2.75) is 51.0 Å². The number of thioether (sulfide) groups is 1. The summed E-state index contributed by atoms with van der Waals surface area (Å²) in [5, 5.41) is 0.426. The quantitative estimate of drug-likeness (QED) is 0.387. The first-order chi connectivity index (χ1) is 13.0. The number of esters is 1. The van der Waals surface area contributed by atoms with Gasteiger partial charge in [0.05, 0.1) is 18.5 Å². The smallest absolute Gasteiger partial charge is 0.316 e. The van der Waals surface area contributed by atoms with Crippen LogP contribution in [0.15, 0.2) is 33.9 Å². The molecular weight excluding hydrogens is 386 g/mol. The number of carbonyl (C=O) groups is 1. The van der Waals surface area contributed by atoms with E-state index < -0.39 is 22.9 Å². The maximum atomic E-state index is 12.2. The third-order valence-corrected chi connectivity index (χ3v) is 5.89. The second-order valence-corrected chi connectivity index (χ2v) is 8.94. The van der Waals surface area contributed by atoms with Crippen LogP contribution in [-0.2, 0) is 25.1 Å². The van der Waals surface area contributed by atoms with E-state index in [-0.39, 0.29) is 18.5 Å². The fourth-order valence-corrected chi connectivity index (χ4v) is 4.24. The Kier molecular flexibility index (Phi) is 9.30. The van der Waals surface area contributed by atoms with Crippen molar-refractivity contribution in [1.29, 1.82) is 0 Å². The Morgan fingerprint density at radius 3 is 2.81 bits per heavy atom. The van der Waals surface area contributed by atoms with Gasteiger partial charge in [0.2, 0.25) is 0 Å². The van der Waals surface area contributed by atoms with Crippen molar-refractivity contribution in [2.75, 3.05) is 23.9 Å². The average Bonchev–Trinajstić information content (AvgIpc) is 3.05. The molecule has 0 bridgehead atoms. The molecule has 2 atom stereocenters. The first-order valence-electron chi connectivity index (χ1n) is 9.12. The van der Waals surface area contributed by atoms with Gasteiger partial charge in [-0.05, 0) is 32.4 Å². The molecule has 1 aromatic carbocycles. The molecule has 0 aliphatic carbocycles. The van der Waals surface area contributed by atoms with E-state index in [1.54, 1.807) is 0 Å². The fraction of sp³-hybridized carbons (Fsp3) is 0.579. The maximum Gasteiger partial charge on any atom is 0.316 e. The lowest BCUT2D eigenvalue weighted by Crippen LogP contribution is -2.31. The summed E-state index contributed by atoms with van der Waals surface area (Å²) in [4.78, 5) is 16.5. The zero-order valence-electron chi connectivity index (χ0n) is 16.0. The van der Waals surface area contributed by atoms with Crippen LogP contribution in [0, 0.1) is 0 Å². The molecule has 2 unspecified atom stereocenters. The highest BCUT2D eigenvalue weighted by atomic mass is 32.2. The molecule has 2 rings (SSSR count). The van der Waals surface area contributed by atoms with Crippen LogP contribution < -0.4 is 0 Å². The van der Waals surface area contributed by atoms with Crippen LogP contribution in [0.4, 0.5) is 0 Å². The zero-order valence-corrected chi connectivity index (χ0v) is 17.6. The number of ether oxygens (including phenoxy) is 2. The number of aromatic nitrogens is 1. The molecule has 0 radical (unpaired) electrons. The first kappa shape index (κ1) is 21.9. The fourth-order valence-electron chi connectivity index (χ4n) is 2.27. The number of hydrogen-bond acceptors (Lipinski definition) is 7. The highest BCUT2D eigenvalue weighted by Gasteiger charge is 2.19. The van der Waals surface area contributed by atoms with Crippen molar-refractivity contribution in [1.82, 2.24) is 4.98 Å². The number of unbranched alkanes of at least 4 members (excludes halogenated alkanes) is 1. The molecule has 6 nitrogen and oxygen atoms in total. The van der Waals surface area contributed by atoms with Gasteiger partial charge in [-0.15, -0.1) is 0 Å². The van der Waals surface area contributed by atoms with Gasteiger partial charge in [0.15, 0.2) is 5.58 Å². The molecule has 0 amide bonds. The molecule has 8 heteroatoms. The minimum atomic E-state index is -1.03. The number of oxazole rings is 1. The number of nitrogens with zero attached hydrogens (tertiary/aromatic N) is 1. The van der Waals surface area contributed by atoms with Crippen molar-refractivity contribution < 1.29 is 22.9 Å². The van der Waals surface area contributed by atoms with Crippen LogP contribution in [0.2, 0.25) is 0 Å². The van der Waals surface area contributed by atoms with Crippen LogP contribution in [0.5, 0.6) is 0 Å². The lowest BCUT2D eigenvalue weighted by atomic mass is 10.3. The van der Waals surface area contributed by atoms with E-state index in [0.717, 1.165) is 18.4 Å². The number of para-hydroxylation sites is 2. The molecule has 0 aliphatic heterocycles. The predicted octanol–water partition coefficient (Wildman–Crippen LogP) is 3.81. The zero-order chi connectivity index (χ0) is 19.6. The summed E-state index contributed by atoms with van der Waals surface area (Å²) >= 11 is 1.18. The van der Waals surface area contributed by atoms with Gasteiger partial charge >= 0.3 is 5.97 Å². The lowest BCUT2D eigenvalue weighted by Gasteiger charge is -2.19. The largest absolute Gasteiger partial charge is 0.458 e. The minimum absolute atomic E-state index is 0.0180. The summed E-state index contributed by atoms with van der Waals surface area (Å²) in [5.41, 5.74) is 1.44. The Bertz CT molecular complexity index is 714. The van der Waals surface area contributed by atoms with Gasteiger partial charge in [0.25, 0.3) is 5.22 Å². The van der Waals surface area contributed by atoms with Crippen molar-refractivity contribution >= 4 is 39.6 Å². The van der Waals surface area contributed by atoms with Crippen LogP contribution >= 0.6 is 11.8 Å². The summed E-state index contributed by atoms with van der Waals surface area (Å²) in [6.45, 7) is 6.13. The third kappa shape index (κ3) is 8.02. The van der Waals surface area contributed by atoms with E-state index >= 15 is 0 Å². The molecule has 150 valence electrons. The summed E-state index contributed by atoms with van der Waals surface area (Å²) in [5.74, 6) is 0.592. The number of rotatable bonds is 12. The Morgan fingerprint density at radius 2 is 2.11 bits per heavy atom. The Hall–Kier alpha value is -1.38. The minimum Gasteiger partial charge on any atom is -0.458 e. The van der Waals surface area contributed by atoms with Gasteiger partial charge in [-0.3, -0.25) is 9.00 Å². The molecule has 0 fully saturated rings. The molecular formula is C19H27NO5S2. The van der Waals surface area contributed by atoms with E-state index in [4.69, 9.17) is 13.9 Å². The van der Waals surface area contributed by atoms with E-state index in [1.807, 2.05) is 38.1 Å². The molecule has 27 heavy (non-hydrogen) atoms. The van der Waals surface area contributed by atoms with Gasteiger partial charge < -0.3 is 13.9 Å². The van der Waals surface area contributed by atoms with Crippen molar-refractivity contribution in [2.24, 2.45) is 0 Å². The van der Waals surface area contributed by atoms with Crippen LogP contribution in [-0.4, -0.2) is 51.2 Å². The van der Waals surface area contributed by atoms with Gasteiger partial charge in [-0.1, -0.05) is 37.2 Å². The van der Waals surface area contributed by atoms with Crippen LogP contribution in [0.3, 0.4) is 0 Å². The van der Waals surface area contributed by atoms with Crippen molar-refractivity contribution in [3.63, 3.8) is 0 Å². The summed E-state index contributed by atoms with van der Waals surface area (Å²) in [6.07, 6.45) is 1.39. The van der Waals surface area contributed by atoms with Gasteiger partial charge in [0.1, 0.15) is 17.4 Å². The van der Waals surface area contributed by atoms with Gasteiger partial charge in [0, 0.05) is 16.6 Å². The van der Waals surface area contributed by atoms with E-state index in [1.165, 1.54) is 11.8 Å². The van der Waals surface area contributed by atoms with Crippen LogP contribution in [0.25, 0.3) is 11.1 Å². The number of carbonyl (C=O) groups excluding carboxylic acids is 1. The van der Waals surface area contributed by atoms with Crippen LogP contribution in [0.1, 0.15) is 33.6 Å². The molecule has 1 aromatic heterocycles. The van der Waals surface area contributed by atoms with Gasteiger partial charge in [-0.25, -0.2) is 4.98 Å². The second kappa shape index (κ2) is 11.5. The Morgan fingerprint density at radius 1 is 1.33 bits per heavy atom. The second-order valence-electron chi connectivity index (χ2n) is 6.39. The van der Waals surface area contributed by atoms with Crippen molar-refractivity contribution in [3.8, 4) is 0 Å². The van der Waals surface area contributed by atoms with Crippen molar-refractivity contribution in [3.05, 3.63) is 24.3 Å². The number of benzene rings is 1. The first-order valence-corrected chi connectivity index (χ1v) is 11.6. The number of fused-ring (bicyclic) bond motifs is 1. The summed E-state index contributed by atoms with van der Waals surface area (Å²) < 4.78 is 28.8. The average molecular weight is 414 g/mol. The normalized spacial score (nSPS) is 13.8. The molecule has 0 N–H and O–H groups in total. The van der Waals surface area contributed by atoms with Gasteiger partial charge in [-0.2, -0.15) is 0 Å². The lowest BCUT2D eigenvalue weighted by molar-refractivity contribution is -0.148. The molecule has 0 saturated carbocycles.